The van der Waals surface area contributed by atoms with E-state index in [9.17, 15) is 0 Å². The van der Waals surface area contributed by atoms with E-state index in [-0.39, 0.29) is 6.15 Å². The van der Waals surface area contributed by atoms with Crippen molar-refractivity contribution < 1.29 is 9.47 Å². The standard InChI is InChI=1S/C4H10O.C2H4O.H3N/c1-3-5-4-2;1-2-3-1;/h3-4H2,1-2H3;1-2H2;1H3. The summed E-state index contributed by atoms with van der Waals surface area (Å²) < 4.78 is 9.33. The van der Waals surface area contributed by atoms with Gasteiger partial charge in [0.05, 0.1) is 13.2 Å². The molecule has 1 fully saturated rings. The Bertz CT molecular complexity index is 35.3. The van der Waals surface area contributed by atoms with Gasteiger partial charge < -0.3 is 15.6 Å². The van der Waals surface area contributed by atoms with E-state index in [1.54, 1.807) is 0 Å². The molecule has 3 nitrogen and oxygen atoms in total. The fourth-order valence-electron chi connectivity index (χ4n) is 0.204. The minimum Gasteiger partial charge on any atom is -0.382 e. The van der Waals surface area contributed by atoms with E-state index in [2.05, 4.69) is 4.74 Å². The Hall–Kier alpha value is -0.120. The zero-order valence-corrected chi connectivity index (χ0v) is 6.35. The van der Waals surface area contributed by atoms with Gasteiger partial charge in [0.1, 0.15) is 0 Å². The first-order chi connectivity index (χ1) is 3.91. The zero-order chi connectivity index (χ0) is 6.24. The Morgan fingerprint density at radius 1 is 1.22 bits per heavy atom. The number of rotatable bonds is 2. The topological polar surface area (TPSA) is 56.8 Å². The van der Waals surface area contributed by atoms with Gasteiger partial charge in [-0.15, -0.1) is 0 Å². The first-order valence-corrected chi connectivity index (χ1v) is 3.07. The minimum absolute atomic E-state index is 0. The monoisotopic (exact) mass is 135 g/mol. The van der Waals surface area contributed by atoms with E-state index in [1.807, 2.05) is 13.8 Å². The van der Waals surface area contributed by atoms with Crippen LogP contribution in [-0.2, 0) is 9.47 Å². The van der Waals surface area contributed by atoms with Crippen molar-refractivity contribution in [3.8, 4) is 0 Å². The summed E-state index contributed by atoms with van der Waals surface area (Å²) in [5.41, 5.74) is 0. The summed E-state index contributed by atoms with van der Waals surface area (Å²) in [7, 11) is 0. The van der Waals surface area contributed by atoms with Crippen LogP contribution in [0.4, 0.5) is 0 Å². The molecule has 58 valence electrons. The van der Waals surface area contributed by atoms with Gasteiger partial charge in [0.25, 0.3) is 0 Å². The highest BCUT2D eigenvalue weighted by atomic mass is 16.6. The number of hydrogen-bond donors (Lipinski definition) is 1. The van der Waals surface area contributed by atoms with Crippen LogP contribution in [-0.4, -0.2) is 26.4 Å². The molecular formula is C6H17NO2. The molecule has 1 aliphatic rings. The van der Waals surface area contributed by atoms with Crippen molar-refractivity contribution in [3.05, 3.63) is 0 Å². The van der Waals surface area contributed by atoms with Crippen LogP contribution in [0, 0.1) is 0 Å². The molecule has 0 aromatic rings. The highest BCUT2D eigenvalue weighted by Crippen LogP contribution is 1.84. The molecule has 0 saturated carbocycles. The largest absolute Gasteiger partial charge is 0.382 e. The molecule has 0 bridgehead atoms. The lowest BCUT2D eigenvalue weighted by Gasteiger charge is -1.86. The van der Waals surface area contributed by atoms with Crippen molar-refractivity contribution in [2.75, 3.05) is 26.4 Å². The summed E-state index contributed by atoms with van der Waals surface area (Å²) in [5, 5.41) is 0. The summed E-state index contributed by atoms with van der Waals surface area (Å²) >= 11 is 0. The molecule has 1 aliphatic heterocycles. The quantitative estimate of drug-likeness (QED) is 0.579. The normalized spacial score (nSPS) is 12.7. The molecule has 0 aliphatic carbocycles. The van der Waals surface area contributed by atoms with Gasteiger partial charge in [0.15, 0.2) is 0 Å². The smallest absolute Gasteiger partial charge is 0.0701 e. The number of ether oxygens (including phenoxy) is 2. The lowest BCUT2D eigenvalue weighted by atomic mass is 10.8. The molecule has 0 aromatic carbocycles. The van der Waals surface area contributed by atoms with Crippen LogP contribution < -0.4 is 6.15 Å². The Labute approximate surface area is 56.9 Å². The van der Waals surface area contributed by atoms with E-state index in [4.69, 9.17) is 4.74 Å². The molecule has 0 aromatic heterocycles. The predicted octanol–water partition coefficient (Wildman–Crippen LogP) is 1.22. The average Bonchev–Trinajstić information content (AvgIpc) is 2.50. The van der Waals surface area contributed by atoms with E-state index >= 15 is 0 Å². The average molecular weight is 135 g/mol. The van der Waals surface area contributed by atoms with Crippen molar-refractivity contribution in [1.82, 2.24) is 6.15 Å². The summed E-state index contributed by atoms with van der Waals surface area (Å²) in [6.07, 6.45) is 0. The fraction of sp³-hybridized carbons (Fsp3) is 1.00. The van der Waals surface area contributed by atoms with Crippen LogP contribution in [0.15, 0.2) is 0 Å². The maximum Gasteiger partial charge on any atom is 0.0701 e. The SMILES string of the molecule is C1CO1.CCOCC.N. The zero-order valence-electron chi connectivity index (χ0n) is 6.35. The maximum absolute atomic E-state index is 4.83. The molecule has 0 radical (unpaired) electrons. The van der Waals surface area contributed by atoms with Gasteiger partial charge in [0, 0.05) is 13.2 Å². The molecule has 1 rings (SSSR count). The third kappa shape index (κ3) is 32.8. The van der Waals surface area contributed by atoms with Gasteiger partial charge >= 0.3 is 0 Å². The van der Waals surface area contributed by atoms with Crippen LogP contribution in [0.5, 0.6) is 0 Å². The van der Waals surface area contributed by atoms with Crippen LogP contribution in [0.25, 0.3) is 0 Å². The Balaban J connectivity index is 0. The Morgan fingerprint density at radius 2 is 1.56 bits per heavy atom. The van der Waals surface area contributed by atoms with E-state index in [0.717, 1.165) is 26.4 Å². The molecule has 0 amide bonds. The van der Waals surface area contributed by atoms with E-state index in [1.165, 1.54) is 0 Å². The second kappa shape index (κ2) is 10.8. The highest BCUT2D eigenvalue weighted by Gasteiger charge is 1.94. The molecule has 0 atom stereocenters. The lowest BCUT2D eigenvalue weighted by molar-refractivity contribution is 0.162. The first kappa shape index (κ1) is 11.6. The van der Waals surface area contributed by atoms with Crippen LogP contribution in [0.3, 0.4) is 0 Å². The maximum atomic E-state index is 4.83. The third-order valence-electron chi connectivity index (χ3n) is 0.612. The van der Waals surface area contributed by atoms with Crippen LogP contribution >= 0.6 is 0 Å². The second-order valence-corrected chi connectivity index (χ2v) is 1.39. The molecule has 9 heavy (non-hydrogen) atoms. The third-order valence-corrected chi connectivity index (χ3v) is 0.612. The molecule has 0 unspecified atom stereocenters. The summed E-state index contributed by atoms with van der Waals surface area (Å²) in [6.45, 7) is 7.67. The van der Waals surface area contributed by atoms with Gasteiger partial charge in [-0.1, -0.05) is 0 Å². The molecule has 1 heterocycles. The summed E-state index contributed by atoms with van der Waals surface area (Å²) in [6, 6.07) is 0. The molecular weight excluding hydrogens is 118 g/mol. The Morgan fingerprint density at radius 3 is 1.56 bits per heavy atom. The first-order valence-electron chi connectivity index (χ1n) is 3.07. The van der Waals surface area contributed by atoms with Crippen molar-refractivity contribution in [2.45, 2.75) is 13.8 Å². The summed E-state index contributed by atoms with van der Waals surface area (Å²) in [4.78, 5) is 0. The number of epoxide rings is 1. The lowest BCUT2D eigenvalue weighted by Crippen LogP contribution is -1.84. The second-order valence-electron chi connectivity index (χ2n) is 1.39. The molecule has 1 saturated heterocycles. The number of hydrogen-bond acceptors (Lipinski definition) is 3. The Kier molecular flexibility index (Phi) is 14.0. The molecule has 0 spiro atoms. The molecule has 3 N–H and O–H groups in total. The minimum atomic E-state index is 0. The summed E-state index contributed by atoms with van der Waals surface area (Å²) in [5.74, 6) is 0. The van der Waals surface area contributed by atoms with Crippen molar-refractivity contribution >= 4 is 0 Å². The highest BCUT2D eigenvalue weighted by molar-refractivity contribution is 4.36. The van der Waals surface area contributed by atoms with Crippen LogP contribution in [0.1, 0.15) is 13.8 Å². The van der Waals surface area contributed by atoms with Crippen molar-refractivity contribution in [2.24, 2.45) is 0 Å². The van der Waals surface area contributed by atoms with Gasteiger partial charge in [-0.05, 0) is 13.8 Å². The van der Waals surface area contributed by atoms with E-state index < -0.39 is 0 Å². The van der Waals surface area contributed by atoms with Gasteiger partial charge in [-0.3, -0.25) is 0 Å². The van der Waals surface area contributed by atoms with E-state index in [0.29, 0.717) is 0 Å². The fourth-order valence-corrected chi connectivity index (χ4v) is 0.204. The molecule has 3 heteroatoms. The van der Waals surface area contributed by atoms with Gasteiger partial charge in [0.2, 0.25) is 0 Å². The van der Waals surface area contributed by atoms with Gasteiger partial charge in [-0.25, -0.2) is 0 Å². The van der Waals surface area contributed by atoms with Crippen molar-refractivity contribution in [3.63, 3.8) is 0 Å². The predicted molar refractivity (Wildman–Crippen MR) is 38.0 cm³/mol. The van der Waals surface area contributed by atoms with Gasteiger partial charge in [-0.2, -0.15) is 0 Å². The van der Waals surface area contributed by atoms with Crippen molar-refractivity contribution in [1.29, 1.82) is 0 Å². The van der Waals surface area contributed by atoms with Crippen LogP contribution in [0.2, 0.25) is 0 Å².